The molecule has 0 unspecified atom stereocenters. The van der Waals surface area contributed by atoms with Crippen molar-refractivity contribution in [1.82, 2.24) is 15.0 Å². The summed E-state index contributed by atoms with van der Waals surface area (Å²) in [6.07, 6.45) is 2.65. The highest BCUT2D eigenvalue weighted by atomic mass is 79.9. The molecule has 0 bridgehead atoms. The molecule has 0 radical (unpaired) electrons. The largest absolute Gasteiger partial charge is 0.247 e. The Bertz CT molecular complexity index is 827. The molecule has 1 aliphatic rings. The predicted octanol–water partition coefficient (Wildman–Crippen LogP) is 3.67. The molecule has 0 fully saturated rings. The van der Waals surface area contributed by atoms with E-state index in [4.69, 9.17) is 9.97 Å². The third kappa shape index (κ3) is 1.53. The minimum Gasteiger partial charge on any atom is -0.247 e. The minimum atomic E-state index is 0.719. The van der Waals surface area contributed by atoms with E-state index in [0.717, 1.165) is 39.0 Å². The van der Waals surface area contributed by atoms with Crippen LogP contribution in [-0.4, -0.2) is 15.0 Å². The van der Waals surface area contributed by atoms with E-state index in [-0.39, 0.29) is 0 Å². The fourth-order valence-electron chi connectivity index (χ4n) is 2.56. The maximum atomic E-state index is 4.78. The summed E-state index contributed by atoms with van der Waals surface area (Å²) in [5.41, 5.74) is 7.22. The molecule has 0 aliphatic heterocycles. The van der Waals surface area contributed by atoms with Crippen molar-refractivity contribution in [3.63, 3.8) is 0 Å². The van der Waals surface area contributed by atoms with Crippen molar-refractivity contribution in [2.45, 2.75) is 13.3 Å². The number of halogens is 1. The molecular formula is C15H10BrN3. The van der Waals surface area contributed by atoms with E-state index in [0.29, 0.717) is 0 Å². The normalized spacial score (nSPS) is 12.5. The van der Waals surface area contributed by atoms with Crippen molar-refractivity contribution < 1.29 is 0 Å². The van der Waals surface area contributed by atoms with E-state index in [1.54, 1.807) is 6.20 Å². The fraction of sp³-hybridized carbons (Fsp3) is 0.133. The van der Waals surface area contributed by atoms with Gasteiger partial charge >= 0.3 is 0 Å². The second-order valence-electron chi connectivity index (χ2n) is 4.76. The van der Waals surface area contributed by atoms with Gasteiger partial charge in [0.2, 0.25) is 0 Å². The molecule has 1 aliphatic carbocycles. The number of aromatic nitrogens is 3. The number of aryl methyl sites for hydroxylation is 1. The zero-order chi connectivity index (χ0) is 13.0. The average molecular weight is 312 g/mol. The number of hydrogen-bond acceptors (Lipinski definition) is 3. The highest BCUT2D eigenvalue weighted by molar-refractivity contribution is 9.10. The molecule has 0 N–H and O–H groups in total. The first kappa shape index (κ1) is 11.1. The second kappa shape index (κ2) is 3.84. The van der Waals surface area contributed by atoms with Gasteiger partial charge in [-0.1, -0.05) is 24.3 Å². The number of benzene rings is 1. The molecule has 2 heterocycles. The number of rotatable bonds is 0. The highest BCUT2D eigenvalue weighted by Gasteiger charge is 2.22. The average Bonchev–Trinajstić information content (AvgIpc) is 2.79. The lowest BCUT2D eigenvalue weighted by atomic mass is 10.1. The molecule has 0 amide bonds. The molecule has 4 rings (SSSR count). The molecule has 19 heavy (non-hydrogen) atoms. The third-order valence-electron chi connectivity index (χ3n) is 3.59. The van der Waals surface area contributed by atoms with Crippen LogP contribution in [-0.2, 0) is 6.42 Å². The minimum absolute atomic E-state index is 0.719. The molecule has 4 heteroatoms. The molecule has 0 spiro atoms. The first-order valence-corrected chi connectivity index (χ1v) is 6.93. The van der Waals surface area contributed by atoms with E-state index in [2.05, 4.69) is 39.1 Å². The van der Waals surface area contributed by atoms with E-state index >= 15 is 0 Å². The molecule has 1 aromatic carbocycles. The highest BCUT2D eigenvalue weighted by Crippen LogP contribution is 2.35. The lowest BCUT2D eigenvalue weighted by Gasteiger charge is -2.05. The number of pyridine rings is 1. The molecule has 3 nitrogen and oxygen atoms in total. The monoisotopic (exact) mass is 311 g/mol. The Hall–Kier alpha value is -1.81. The van der Waals surface area contributed by atoms with E-state index in [1.807, 2.05) is 13.0 Å². The first-order valence-electron chi connectivity index (χ1n) is 6.14. The van der Waals surface area contributed by atoms with Crippen LogP contribution in [0.4, 0.5) is 0 Å². The lowest BCUT2D eigenvalue weighted by Crippen LogP contribution is -1.97. The summed E-state index contributed by atoms with van der Waals surface area (Å²) in [6, 6.07) is 8.34. The van der Waals surface area contributed by atoms with Gasteiger partial charge in [0.05, 0.1) is 11.4 Å². The topological polar surface area (TPSA) is 38.7 Å². The van der Waals surface area contributed by atoms with E-state index in [9.17, 15) is 0 Å². The van der Waals surface area contributed by atoms with Gasteiger partial charge in [0.15, 0.2) is 5.65 Å². The van der Waals surface area contributed by atoms with Gasteiger partial charge in [-0.15, -0.1) is 0 Å². The van der Waals surface area contributed by atoms with Gasteiger partial charge in [-0.2, -0.15) is 0 Å². The van der Waals surface area contributed by atoms with E-state index in [1.165, 1.54) is 11.1 Å². The Kier molecular flexibility index (Phi) is 2.23. The van der Waals surface area contributed by atoms with Crippen molar-refractivity contribution in [2.24, 2.45) is 0 Å². The SMILES string of the molecule is Cc1c(Br)cnc2nc3c(nc12)Cc1ccccc1-3. The Morgan fingerprint density at radius 1 is 1.16 bits per heavy atom. The number of nitrogens with zero attached hydrogens (tertiary/aromatic N) is 3. The first-order chi connectivity index (χ1) is 9.24. The van der Waals surface area contributed by atoms with Gasteiger partial charge in [0.1, 0.15) is 5.52 Å². The second-order valence-corrected chi connectivity index (χ2v) is 5.61. The van der Waals surface area contributed by atoms with Gasteiger partial charge < -0.3 is 0 Å². The quantitative estimate of drug-likeness (QED) is 0.497. The van der Waals surface area contributed by atoms with Crippen LogP contribution < -0.4 is 0 Å². The summed E-state index contributed by atoms with van der Waals surface area (Å²) in [6.45, 7) is 2.04. The zero-order valence-corrected chi connectivity index (χ0v) is 11.9. The van der Waals surface area contributed by atoms with Crippen LogP contribution in [0.25, 0.3) is 22.4 Å². The standard InChI is InChI=1S/C15H10BrN3/c1-8-11(16)7-17-15-13(8)18-12-6-9-4-2-3-5-10(9)14(12)19-15/h2-5,7H,6H2,1H3. The van der Waals surface area contributed by atoms with E-state index < -0.39 is 0 Å². The summed E-state index contributed by atoms with van der Waals surface area (Å²) in [5.74, 6) is 0. The van der Waals surface area contributed by atoms with Crippen LogP contribution >= 0.6 is 15.9 Å². The number of hydrogen-bond donors (Lipinski definition) is 0. The molecule has 3 aromatic rings. The molecular weight excluding hydrogens is 302 g/mol. The van der Waals surface area contributed by atoms with Crippen molar-refractivity contribution in [2.75, 3.05) is 0 Å². The van der Waals surface area contributed by atoms with Gasteiger partial charge in [0, 0.05) is 22.7 Å². The van der Waals surface area contributed by atoms with Crippen molar-refractivity contribution >= 4 is 27.1 Å². The van der Waals surface area contributed by atoms with Gasteiger partial charge in [0.25, 0.3) is 0 Å². The summed E-state index contributed by atoms with van der Waals surface area (Å²) < 4.78 is 0.977. The van der Waals surface area contributed by atoms with Crippen LogP contribution in [0.1, 0.15) is 16.8 Å². The Morgan fingerprint density at radius 2 is 2.00 bits per heavy atom. The van der Waals surface area contributed by atoms with Crippen LogP contribution in [0, 0.1) is 6.92 Å². The van der Waals surface area contributed by atoms with Crippen molar-refractivity contribution in [1.29, 1.82) is 0 Å². The third-order valence-corrected chi connectivity index (χ3v) is 4.39. The summed E-state index contributed by atoms with van der Waals surface area (Å²) in [7, 11) is 0. The van der Waals surface area contributed by atoms with Crippen LogP contribution in [0.3, 0.4) is 0 Å². The maximum Gasteiger partial charge on any atom is 0.179 e. The molecule has 0 saturated carbocycles. The number of fused-ring (bicyclic) bond motifs is 4. The molecule has 0 saturated heterocycles. The fourth-order valence-corrected chi connectivity index (χ4v) is 2.85. The zero-order valence-electron chi connectivity index (χ0n) is 10.3. The molecule has 92 valence electrons. The van der Waals surface area contributed by atoms with Crippen molar-refractivity contribution in [3.05, 3.63) is 51.8 Å². The smallest absolute Gasteiger partial charge is 0.179 e. The van der Waals surface area contributed by atoms with Crippen LogP contribution in [0.15, 0.2) is 34.9 Å². The maximum absolute atomic E-state index is 4.78. The van der Waals surface area contributed by atoms with Gasteiger partial charge in [-0.25, -0.2) is 15.0 Å². The summed E-state index contributed by atoms with van der Waals surface area (Å²) >= 11 is 3.49. The predicted molar refractivity (Wildman–Crippen MR) is 78.0 cm³/mol. The summed E-state index contributed by atoms with van der Waals surface area (Å²) in [4.78, 5) is 13.9. The Labute approximate surface area is 118 Å². The van der Waals surface area contributed by atoms with Gasteiger partial charge in [-0.05, 0) is 34.0 Å². The van der Waals surface area contributed by atoms with Crippen molar-refractivity contribution in [3.8, 4) is 11.3 Å². The van der Waals surface area contributed by atoms with Crippen LogP contribution in [0.5, 0.6) is 0 Å². The molecule has 0 atom stereocenters. The Balaban J connectivity index is 2.06. The van der Waals surface area contributed by atoms with Crippen LogP contribution in [0.2, 0.25) is 0 Å². The molecule has 2 aromatic heterocycles. The summed E-state index contributed by atoms with van der Waals surface area (Å²) in [5, 5.41) is 0. The lowest BCUT2D eigenvalue weighted by molar-refractivity contribution is 1.10. The van der Waals surface area contributed by atoms with Gasteiger partial charge in [-0.3, -0.25) is 0 Å². The Morgan fingerprint density at radius 3 is 2.89 bits per heavy atom.